The van der Waals surface area contributed by atoms with E-state index in [-0.39, 0.29) is 19.3 Å². The molecule has 0 aromatic rings. The van der Waals surface area contributed by atoms with Crippen molar-refractivity contribution in [2.24, 2.45) is 5.11 Å². The maximum Gasteiger partial charge on any atom is 0.303 e. The smallest absolute Gasteiger partial charge is 0.303 e. The molecule has 0 aliphatic rings. The highest BCUT2D eigenvalue weighted by Gasteiger charge is 2.27. The molecule has 0 aliphatic heterocycles. The zero-order valence-corrected chi connectivity index (χ0v) is 16.5. The van der Waals surface area contributed by atoms with Crippen LogP contribution in [0.15, 0.2) is 5.11 Å². The highest BCUT2D eigenvalue weighted by molar-refractivity contribution is 5.67. The number of nitrogens with zero attached hydrogens (tertiary/aromatic N) is 3. The van der Waals surface area contributed by atoms with Crippen molar-refractivity contribution in [3.63, 3.8) is 0 Å². The molecule has 9 heteroatoms. The van der Waals surface area contributed by atoms with Gasteiger partial charge in [0, 0.05) is 29.7 Å². The molecule has 0 saturated heterocycles. The first-order valence-electron chi connectivity index (χ1n) is 10.0. The van der Waals surface area contributed by atoms with E-state index in [0.29, 0.717) is 38.5 Å². The molecule has 9 nitrogen and oxygen atoms in total. The number of aliphatic carboxylic acids is 3. The van der Waals surface area contributed by atoms with E-state index in [0.717, 1.165) is 38.5 Å². The number of unbranched alkanes of at least 4 members (excludes halogenated alkanes) is 6. The first-order valence-corrected chi connectivity index (χ1v) is 10.0. The third-order valence-electron chi connectivity index (χ3n) is 4.86. The molecule has 0 atom stereocenters. The fourth-order valence-corrected chi connectivity index (χ4v) is 3.34. The largest absolute Gasteiger partial charge is 0.481 e. The van der Waals surface area contributed by atoms with Gasteiger partial charge in [-0.1, -0.05) is 43.6 Å². The van der Waals surface area contributed by atoms with Crippen LogP contribution < -0.4 is 0 Å². The number of rotatable bonds is 19. The summed E-state index contributed by atoms with van der Waals surface area (Å²) in [4.78, 5) is 34.9. The summed E-state index contributed by atoms with van der Waals surface area (Å²) in [5.74, 6) is -2.46. The third kappa shape index (κ3) is 14.8. The first-order chi connectivity index (χ1) is 13.3. The van der Waals surface area contributed by atoms with Gasteiger partial charge < -0.3 is 15.3 Å². The van der Waals surface area contributed by atoms with Crippen molar-refractivity contribution in [1.82, 2.24) is 0 Å². The van der Waals surface area contributed by atoms with Crippen molar-refractivity contribution in [3.05, 3.63) is 10.4 Å². The Morgan fingerprint density at radius 3 is 1.21 bits per heavy atom. The highest BCUT2D eigenvalue weighted by atomic mass is 16.4. The second kappa shape index (κ2) is 15.7. The summed E-state index contributed by atoms with van der Waals surface area (Å²) in [7, 11) is 0. The first kappa shape index (κ1) is 25.7. The SMILES string of the molecule is [N-]=[N+]=NC(CCCCCC(=O)O)(CCCCCC(=O)O)CCCCCC(=O)O. The molecule has 0 unspecified atom stereocenters. The molecule has 0 aliphatic carbocycles. The minimum atomic E-state index is -0.821. The van der Waals surface area contributed by atoms with Crippen molar-refractivity contribution in [3.8, 4) is 0 Å². The Balaban J connectivity index is 4.64. The number of carboxylic acid groups (broad SMARTS) is 3. The van der Waals surface area contributed by atoms with E-state index in [1.165, 1.54) is 0 Å². The number of azide groups is 1. The number of hydrogen-bond acceptors (Lipinski definition) is 4. The van der Waals surface area contributed by atoms with Gasteiger partial charge in [-0.2, -0.15) is 0 Å². The zero-order valence-electron chi connectivity index (χ0n) is 16.5. The number of carbonyl (C=O) groups is 3. The molecule has 0 aromatic carbocycles. The average molecular weight is 399 g/mol. The topological polar surface area (TPSA) is 161 Å². The lowest BCUT2D eigenvalue weighted by atomic mass is 9.82. The van der Waals surface area contributed by atoms with Gasteiger partial charge in [0.1, 0.15) is 0 Å². The summed E-state index contributed by atoms with van der Waals surface area (Å²) in [6.45, 7) is 0. The van der Waals surface area contributed by atoms with Crippen molar-refractivity contribution in [2.75, 3.05) is 0 Å². The van der Waals surface area contributed by atoms with Crippen LogP contribution in [0.2, 0.25) is 0 Å². The molecule has 0 fully saturated rings. The van der Waals surface area contributed by atoms with E-state index < -0.39 is 23.4 Å². The second-order valence-electron chi connectivity index (χ2n) is 7.28. The molecule has 0 spiro atoms. The van der Waals surface area contributed by atoms with Crippen LogP contribution in [0.25, 0.3) is 10.4 Å². The molecule has 3 N–H and O–H groups in total. The Morgan fingerprint density at radius 1 is 0.643 bits per heavy atom. The van der Waals surface area contributed by atoms with Gasteiger partial charge in [0.05, 0.1) is 0 Å². The van der Waals surface area contributed by atoms with Crippen molar-refractivity contribution >= 4 is 17.9 Å². The molecule has 0 saturated carbocycles. The zero-order chi connectivity index (χ0) is 21.3. The Bertz CT molecular complexity index is 472. The second-order valence-corrected chi connectivity index (χ2v) is 7.28. The lowest BCUT2D eigenvalue weighted by Crippen LogP contribution is -2.26. The van der Waals surface area contributed by atoms with Gasteiger partial charge >= 0.3 is 17.9 Å². The molecule has 0 radical (unpaired) electrons. The molecular weight excluding hydrogens is 366 g/mol. The van der Waals surface area contributed by atoms with Crippen LogP contribution in [-0.4, -0.2) is 38.8 Å². The molecule has 0 heterocycles. The van der Waals surface area contributed by atoms with E-state index in [1.54, 1.807) is 0 Å². The van der Waals surface area contributed by atoms with Crippen molar-refractivity contribution in [2.45, 2.75) is 102 Å². The third-order valence-corrected chi connectivity index (χ3v) is 4.86. The summed E-state index contributed by atoms with van der Waals surface area (Å²) in [6.07, 6.45) is 8.61. The van der Waals surface area contributed by atoms with Gasteiger partial charge in [-0.3, -0.25) is 14.4 Å². The lowest BCUT2D eigenvalue weighted by Gasteiger charge is -2.29. The van der Waals surface area contributed by atoms with Gasteiger partial charge in [0.15, 0.2) is 0 Å². The molecule has 0 aromatic heterocycles. The van der Waals surface area contributed by atoms with Crippen LogP contribution in [0.4, 0.5) is 0 Å². The average Bonchev–Trinajstić information content (AvgIpc) is 2.60. The van der Waals surface area contributed by atoms with Crippen LogP contribution in [-0.2, 0) is 14.4 Å². The highest BCUT2D eigenvalue weighted by Crippen LogP contribution is 2.33. The van der Waals surface area contributed by atoms with Crippen LogP contribution in [0.5, 0.6) is 0 Å². The monoisotopic (exact) mass is 399 g/mol. The van der Waals surface area contributed by atoms with Gasteiger partial charge in [-0.25, -0.2) is 0 Å². The van der Waals surface area contributed by atoms with E-state index in [1.807, 2.05) is 0 Å². The standard InChI is InChI=1S/C19H33N3O6/c20-22-21-19(13-7-1-4-10-16(23)24,14-8-2-5-11-17(25)26)15-9-3-6-12-18(27)28/h1-15H2,(H,23,24)(H,25,26)(H,27,28). The predicted octanol–water partition coefficient (Wildman–Crippen LogP) is 5.14. The van der Waals surface area contributed by atoms with Gasteiger partial charge in [-0.05, 0) is 44.1 Å². The van der Waals surface area contributed by atoms with Gasteiger partial charge in [0.25, 0.3) is 0 Å². The van der Waals surface area contributed by atoms with Crippen LogP contribution >= 0.6 is 0 Å². The van der Waals surface area contributed by atoms with Crippen LogP contribution in [0.3, 0.4) is 0 Å². The van der Waals surface area contributed by atoms with E-state index in [4.69, 9.17) is 20.9 Å². The Hall–Kier alpha value is -2.28. The molecular formula is C19H33N3O6. The lowest BCUT2D eigenvalue weighted by molar-refractivity contribution is -0.138. The van der Waals surface area contributed by atoms with E-state index in [2.05, 4.69) is 10.0 Å². The number of carboxylic acids is 3. The Kier molecular flexibility index (Phi) is 14.5. The van der Waals surface area contributed by atoms with Gasteiger partial charge in [0.2, 0.25) is 0 Å². The van der Waals surface area contributed by atoms with E-state index in [9.17, 15) is 14.4 Å². The van der Waals surface area contributed by atoms with Crippen molar-refractivity contribution in [1.29, 1.82) is 0 Å². The summed E-state index contributed by atoms with van der Waals surface area (Å²) >= 11 is 0. The molecule has 28 heavy (non-hydrogen) atoms. The fraction of sp³-hybridized carbons (Fsp3) is 0.842. The van der Waals surface area contributed by atoms with Crippen LogP contribution in [0, 0.1) is 0 Å². The summed E-state index contributed by atoms with van der Waals surface area (Å²) in [6, 6.07) is 0. The van der Waals surface area contributed by atoms with Crippen molar-refractivity contribution < 1.29 is 29.7 Å². The Morgan fingerprint density at radius 2 is 0.964 bits per heavy atom. The summed E-state index contributed by atoms with van der Waals surface area (Å²) in [5.41, 5.74) is 8.49. The summed E-state index contributed by atoms with van der Waals surface area (Å²) < 4.78 is 0. The fourth-order valence-electron chi connectivity index (χ4n) is 3.34. The minimum absolute atomic E-state index is 0.124. The van der Waals surface area contributed by atoms with Gasteiger partial charge in [-0.15, -0.1) is 0 Å². The predicted molar refractivity (Wildman–Crippen MR) is 104 cm³/mol. The minimum Gasteiger partial charge on any atom is -0.481 e. The molecule has 160 valence electrons. The quantitative estimate of drug-likeness (QED) is 0.118. The normalized spacial score (nSPS) is 11.0. The maximum absolute atomic E-state index is 10.6. The molecule has 0 amide bonds. The maximum atomic E-state index is 10.6. The Labute approximate surface area is 165 Å². The number of hydrogen-bond donors (Lipinski definition) is 3. The summed E-state index contributed by atoms with van der Waals surface area (Å²) in [5, 5.41) is 30.2. The van der Waals surface area contributed by atoms with Crippen LogP contribution in [0.1, 0.15) is 96.3 Å². The molecule has 0 bridgehead atoms. The van der Waals surface area contributed by atoms with E-state index >= 15 is 0 Å². The molecule has 0 rings (SSSR count).